The number of hydrogen-bond donors (Lipinski definition) is 1. The fourth-order valence-corrected chi connectivity index (χ4v) is 5.36. The van der Waals surface area contributed by atoms with Crippen molar-refractivity contribution < 1.29 is 9.53 Å². The number of ether oxygens (including phenoxy) is 1. The highest BCUT2D eigenvalue weighted by atomic mass is 79.9. The van der Waals surface area contributed by atoms with Crippen LogP contribution >= 0.6 is 47.8 Å². The summed E-state index contributed by atoms with van der Waals surface area (Å²) in [6.07, 6.45) is 2.41. The summed E-state index contributed by atoms with van der Waals surface area (Å²) < 4.78 is 9.17. The minimum absolute atomic E-state index is 0.0363. The van der Waals surface area contributed by atoms with Gasteiger partial charge in [0.25, 0.3) is 11.5 Å². The molecular weight excluding hydrogens is 668 g/mol. The Morgan fingerprint density at radius 3 is 2.49 bits per heavy atom. The van der Waals surface area contributed by atoms with Crippen molar-refractivity contribution >= 4 is 76.5 Å². The standard InChI is InChI=1S/C27H23Br3N4O3/c1-3-16(2)26-33-23-10-9-18(28)13-20(23)27(36)34(26)31-14-17-11-21(29)25(22(30)12-17)37-15-24(35)32-19-7-5-4-6-8-19/h4-14,16H,3,15H2,1-2H3,(H,32,35)/t16-/m1/s1. The Labute approximate surface area is 239 Å². The topological polar surface area (TPSA) is 85.6 Å². The van der Waals surface area contributed by atoms with Crippen LogP contribution in [0.15, 0.2) is 84.0 Å². The van der Waals surface area contributed by atoms with Crippen LogP contribution in [-0.2, 0) is 4.79 Å². The molecule has 0 aliphatic carbocycles. The molecule has 0 aliphatic rings. The maximum absolute atomic E-state index is 13.3. The molecule has 1 heterocycles. The predicted octanol–water partition coefficient (Wildman–Crippen LogP) is 7.10. The van der Waals surface area contributed by atoms with Crippen molar-refractivity contribution in [2.45, 2.75) is 26.2 Å². The molecular formula is C27H23Br3N4O3. The van der Waals surface area contributed by atoms with E-state index in [-0.39, 0.29) is 24.0 Å². The lowest BCUT2D eigenvalue weighted by molar-refractivity contribution is -0.118. The molecule has 1 aromatic heterocycles. The Kier molecular flexibility index (Phi) is 8.94. The number of fused-ring (bicyclic) bond motifs is 1. The van der Waals surface area contributed by atoms with E-state index in [1.54, 1.807) is 36.5 Å². The van der Waals surface area contributed by atoms with E-state index in [0.717, 1.165) is 16.5 Å². The molecule has 1 N–H and O–H groups in total. The number of halogens is 3. The van der Waals surface area contributed by atoms with Crippen LogP contribution < -0.4 is 15.6 Å². The Balaban J connectivity index is 1.58. The second kappa shape index (κ2) is 12.1. The van der Waals surface area contributed by atoms with Crippen LogP contribution in [-0.4, -0.2) is 28.4 Å². The number of benzene rings is 3. The largest absolute Gasteiger partial charge is 0.481 e. The number of nitrogens with one attached hydrogen (secondary N) is 1. The molecule has 37 heavy (non-hydrogen) atoms. The van der Waals surface area contributed by atoms with Crippen molar-refractivity contribution in [1.29, 1.82) is 0 Å². The van der Waals surface area contributed by atoms with Gasteiger partial charge in [0.1, 0.15) is 11.6 Å². The number of anilines is 1. The first-order chi connectivity index (χ1) is 17.8. The normalized spacial score (nSPS) is 12.1. The number of carbonyl (C=O) groups is 1. The van der Waals surface area contributed by atoms with E-state index in [1.807, 2.05) is 44.2 Å². The predicted molar refractivity (Wildman–Crippen MR) is 158 cm³/mol. The molecule has 0 aliphatic heterocycles. The number of nitrogens with zero attached hydrogens (tertiary/aromatic N) is 3. The summed E-state index contributed by atoms with van der Waals surface area (Å²) in [5, 5.41) is 7.78. The van der Waals surface area contributed by atoms with Crippen LogP contribution in [0.4, 0.5) is 5.69 Å². The van der Waals surface area contributed by atoms with Gasteiger partial charge in [-0.25, -0.2) is 4.98 Å². The van der Waals surface area contributed by atoms with Crippen molar-refractivity contribution in [2.24, 2.45) is 5.10 Å². The molecule has 0 bridgehead atoms. The quantitative estimate of drug-likeness (QED) is 0.200. The number of rotatable bonds is 8. The van der Waals surface area contributed by atoms with Gasteiger partial charge in [-0.2, -0.15) is 9.78 Å². The summed E-state index contributed by atoms with van der Waals surface area (Å²) in [5.41, 5.74) is 1.82. The third-order valence-electron chi connectivity index (χ3n) is 5.63. The zero-order chi connectivity index (χ0) is 26.5. The van der Waals surface area contributed by atoms with E-state index in [2.05, 4.69) is 58.2 Å². The second-order valence-electron chi connectivity index (χ2n) is 8.32. The minimum atomic E-state index is -0.275. The van der Waals surface area contributed by atoms with Gasteiger partial charge in [0.2, 0.25) is 0 Å². The number of aromatic nitrogens is 2. The summed E-state index contributed by atoms with van der Waals surface area (Å²) in [6, 6.07) is 18.2. The van der Waals surface area contributed by atoms with Crippen molar-refractivity contribution in [3.63, 3.8) is 0 Å². The Hall–Kier alpha value is -2.82. The van der Waals surface area contributed by atoms with Crippen LogP contribution in [0.25, 0.3) is 10.9 Å². The Bertz CT molecular complexity index is 1510. The van der Waals surface area contributed by atoms with Crippen LogP contribution in [0.3, 0.4) is 0 Å². The number of carbonyl (C=O) groups excluding carboxylic acids is 1. The van der Waals surface area contributed by atoms with Gasteiger partial charge >= 0.3 is 0 Å². The average molecular weight is 691 g/mol. The molecule has 0 saturated heterocycles. The minimum Gasteiger partial charge on any atom is -0.481 e. The van der Waals surface area contributed by atoms with Gasteiger partial charge in [-0.05, 0) is 86.3 Å². The van der Waals surface area contributed by atoms with Crippen molar-refractivity contribution in [1.82, 2.24) is 9.66 Å². The van der Waals surface area contributed by atoms with Crippen LogP contribution in [0.2, 0.25) is 0 Å². The smallest absolute Gasteiger partial charge is 0.282 e. The third-order valence-corrected chi connectivity index (χ3v) is 7.31. The summed E-state index contributed by atoms with van der Waals surface area (Å²) in [6.45, 7) is 3.90. The monoisotopic (exact) mass is 688 g/mol. The van der Waals surface area contributed by atoms with E-state index < -0.39 is 0 Å². The Morgan fingerprint density at radius 1 is 1.11 bits per heavy atom. The van der Waals surface area contributed by atoms with Crippen LogP contribution in [0.5, 0.6) is 5.75 Å². The summed E-state index contributed by atoms with van der Waals surface area (Å²) in [7, 11) is 0. The van der Waals surface area contributed by atoms with E-state index in [0.29, 0.717) is 37.1 Å². The molecule has 190 valence electrons. The third kappa shape index (κ3) is 6.55. The summed E-state index contributed by atoms with van der Waals surface area (Å²) in [4.78, 5) is 30.3. The van der Waals surface area contributed by atoms with Crippen molar-refractivity contribution in [2.75, 3.05) is 11.9 Å². The van der Waals surface area contributed by atoms with Crippen LogP contribution in [0, 0.1) is 0 Å². The molecule has 0 radical (unpaired) electrons. The molecule has 0 unspecified atom stereocenters. The van der Waals surface area contributed by atoms with E-state index in [1.165, 1.54) is 4.68 Å². The molecule has 0 fully saturated rings. The molecule has 0 spiro atoms. The van der Waals surface area contributed by atoms with Gasteiger partial charge in [0.15, 0.2) is 6.61 Å². The lowest BCUT2D eigenvalue weighted by Crippen LogP contribution is -2.23. The molecule has 3 aromatic carbocycles. The van der Waals surface area contributed by atoms with Gasteiger partial charge in [-0.3, -0.25) is 9.59 Å². The Morgan fingerprint density at radius 2 is 1.81 bits per heavy atom. The first-order valence-corrected chi connectivity index (χ1v) is 13.9. The maximum atomic E-state index is 13.3. The van der Waals surface area contributed by atoms with E-state index in [4.69, 9.17) is 9.72 Å². The van der Waals surface area contributed by atoms with Gasteiger partial charge < -0.3 is 10.1 Å². The molecule has 0 saturated carbocycles. The highest BCUT2D eigenvalue weighted by molar-refractivity contribution is 9.11. The lowest BCUT2D eigenvalue weighted by atomic mass is 10.1. The summed E-state index contributed by atoms with van der Waals surface area (Å²) in [5.74, 6) is 0.841. The average Bonchev–Trinajstić information content (AvgIpc) is 2.88. The molecule has 7 nitrogen and oxygen atoms in total. The van der Waals surface area contributed by atoms with Gasteiger partial charge in [0, 0.05) is 16.1 Å². The fraction of sp³-hybridized carbons (Fsp3) is 0.185. The zero-order valence-corrected chi connectivity index (χ0v) is 24.8. The van der Waals surface area contributed by atoms with E-state index >= 15 is 0 Å². The fourth-order valence-electron chi connectivity index (χ4n) is 3.55. The number of amides is 1. The molecule has 4 aromatic rings. The molecule has 1 atom stereocenters. The van der Waals surface area contributed by atoms with Gasteiger partial charge in [0.05, 0.1) is 26.1 Å². The van der Waals surface area contributed by atoms with Gasteiger partial charge in [-0.15, -0.1) is 0 Å². The maximum Gasteiger partial charge on any atom is 0.282 e. The number of para-hydroxylation sites is 1. The molecule has 1 amide bonds. The zero-order valence-electron chi connectivity index (χ0n) is 20.0. The lowest BCUT2D eigenvalue weighted by Gasteiger charge is -2.14. The molecule has 4 rings (SSSR count). The van der Waals surface area contributed by atoms with Crippen molar-refractivity contribution in [3.05, 3.63) is 95.8 Å². The van der Waals surface area contributed by atoms with Gasteiger partial charge in [-0.1, -0.05) is 48.0 Å². The molecule has 10 heteroatoms. The first kappa shape index (κ1) is 27.2. The number of hydrogen-bond acceptors (Lipinski definition) is 5. The van der Waals surface area contributed by atoms with Crippen LogP contribution in [0.1, 0.15) is 37.6 Å². The van der Waals surface area contributed by atoms with E-state index in [9.17, 15) is 9.59 Å². The highest BCUT2D eigenvalue weighted by Gasteiger charge is 2.16. The first-order valence-electron chi connectivity index (χ1n) is 11.5. The van der Waals surface area contributed by atoms with Crippen molar-refractivity contribution in [3.8, 4) is 5.75 Å². The second-order valence-corrected chi connectivity index (χ2v) is 10.9. The summed E-state index contributed by atoms with van der Waals surface area (Å²) >= 11 is 10.4. The highest BCUT2D eigenvalue weighted by Crippen LogP contribution is 2.34. The SMILES string of the molecule is CC[C@@H](C)c1nc2ccc(Br)cc2c(=O)n1N=Cc1cc(Br)c(OCC(=O)Nc2ccccc2)c(Br)c1.